The zero-order chi connectivity index (χ0) is 14.3. The zero-order valence-electron chi connectivity index (χ0n) is 11.2. The van der Waals surface area contributed by atoms with Crippen LogP contribution in [0.2, 0.25) is 10.0 Å². The Labute approximate surface area is 124 Å². The van der Waals surface area contributed by atoms with Gasteiger partial charge in [0.1, 0.15) is 0 Å². The second kappa shape index (κ2) is 8.18. The molecule has 1 aromatic carbocycles. The predicted molar refractivity (Wildman–Crippen MR) is 81.2 cm³/mol. The Morgan fingerprint density at radius 1 is 1.21 bits per heavy atom. The van der Waals surface area contributed by atoms with Crippen LogP contribution in [0.1, 0.15) is 49.9 Å². The standard InChI is InChI=1S/C14H18Cl2N2O/c1-3-5-11(6-4-2)17-18-14(19)12-8-7-10(15)9-13(12)16/h7-9H,3-6H2,1-2H3,(H,18,19). The molecule has 1 rings (SSSR count). The lowest BCUT2D eigenvalue weighted by molar-refractivity contribution is 0.0955. The average molecular weight is 301 g/mol. The SMILES string of the molecule is CCCC(CCC)=NNC(=O)c1ccc(Cl)cc1Cl. The van der Waals surface area contributed by atoms with Gasteiger partial charge < -0.3 is 0 Å². The van der Waals surface area contributed by atoms with Crippen LogP contribution < -0.4 is 5.43 Å². The number of nitrogens with one attached hydrogen (secondary N) is 1. The van der Waals surface area contributed by atoms with Gasteiger partial charge in [-0.3, -0.25) is 4.79 Å². The molecule has 0 radical (unpaired) electrons. The summed E-state index contributed by atoms with van der Waals surface area (Å²) in [5.41, 5.74) is 3.93. The third-order valence-corrected chi connectivity index (χ3v) is 3.12. The van der Waals surface area contributed by atoms with Crippen molar-refractivity contribution in [1.29, 1.82) is 0 Å². The molecule has 19 heavy (non-hydrogen) atoms. The molecule has 0 saturated heterocycles. The van der Waals surface area contributed by atoms with E-state index < -0.39 is 0 Å². The zero-order valence-corrected chi connectivity index (χ0v) is 12.7. The number of carbonyl (C=O) groups is 1. The van der Waals surface area contributed by atoms with Crippen LogP contribution in [-0.4, -0.2) is 11.6 Å². The topological polar surface area (TPSA) is 41.5 Å². The van der Waals surface area contributed by atoms with E-state index in [1.165, 1.54) is 0 Å². The molecule has 0 heterocycles. The molecule has 1 N–H and O–H groups in total. The van der Waals surface area contributed by atoms with Crippen LogP contribution in [0, 0.1) is 0 Å². The maximum absolute atomic E-state index is 11.9. The second-order valence-corrected chi connectivity index (χ2v) is 5.09. The van der Waals surface area contributed by atoms with Crippen molar-refractivity contribution >= 4 is 34.8 Å². The van der Waals surface area contributed by atoms with Crippen molar-refractivity contribution in [2.24, 2.45) is 5.10 Å². The molecule has 0 atom stereocenters. The van der Waals surface area contributed by atoms with Crippen molar-refractivity contribution in [1.82, 2.24) is 5.43 Å². The molecular formula is C14H18Cl2N2O. The number of halogens is 2. The quantitative estimate of drug-likeness (QED) is 0.601. The van der Waals surface area contributed by atoms with Crippen molar-refractivity contribution in [2.45, 2.75) is 39.5 Å². The van der Waals surface area contributed by atoms with Gasteiger partial charge in [-0.15, -0.1) is 0 Å². The van der Waals surface area contributed by atoms with Gasteiger partial charge >= 0.3 is 0 Å². The molecule has 104 valence electrons. The molecule has 0 saturated carbocycles. The van der Waals surface area contributed by atoms with Crippen molar-refractivity contribution in [3.05, 3.63) is 33.8 Å². The van der Waals surface area contributed by atoms with E-state index in [-0.39, 0.29) is 5.91 Å². The third kappa shape index (κ3) is 5.21. The Morgan fingerprint density at radius 2 is 1.84 bits per heavy atom. The summed E-state index contributed by atoms with van der Waals surface area (Å²) in [6.45, 7) is 4.17. The molecule has 1 amide bonds. The van der Waals surface area contributed by atoms with Crippen LogP contribution in [0.3, 0.4) is 0 Å². The van der Waals surface area contributed by atoms with Gasteiger partial charge in [0, 0.05) is 10.7 Å². The van der Waals surface area contributed by atoms with E-state index in [4.69, 9.17) is 23.2 Å². The molecule has 0 aromatic heterocycles. The summed E-state index contributed by atoms with van der Waals surface area (Å²) in [4.78, 5) is 11.9. The molecule has 1 aromatic rings. The van der Waals surface area contributed by atoms with Crippen LogP contribution in [-0.2, 0) is 0 Å². The molecule has 0 aliphatic carbocycles. The first-order valence-electron chi connectivity index (χ1n) is 6.39. The maximum atomic E-state index is 11.9. The minimum atomic E-state index is -0.314. The number of hydrazone groups is 1. The van der Waals surface area contributed by atoms with Gasteiger partial charge in [-0.1, -0.05) is 49.9 Å². The average Bonchev–Trinajstić information content (AvgIpc) is 2.36. The number of hydrogen-bond acceptors (Lipinski definition) is 2. The van der Waals surface area contributed by atoms with E-state index in [9.17, 15) is 4.79 Å². The molecular weight excluding hydrogens is 283 g/mol. The highest BCUT2D eigenvalue weighted by atomic mass is 35.5. The molecule has 0 unspecified atom stereocenters. The Balaban J connectivity index is 2.75. The van der Waals surface area contributed by atoms with Crippen molar-refractivity contribution in [3.8, 4) is 0 Å². The van der Waals surface area contributed by atoms with Crippen LogP contribution >= 0.6 is 23.2 Å². The van der Waals surface area contributed by atoms with Crippen LogP contribution in [0.5, 0.6) is 0 Å². The number of amides is 1. The van der Waals surface area contributed by atoms with E-state index >= 15 is 0 Å². The number of nitrogens with zero attached hydrogens (tertiary/aromatic N) is 1. The van der Waals surface area contributed by atoms with Crippen LogP contribution in [0.25, 0.3) is 0 Å². The Hall–Kier alpha value is -1.06. The van der Waals surface area contributed by atoms with E-state index in [1.54, 1.807) is 18.2 Å². The van der Waals surface area contributed by atoms with Crippen LogP contribution in [0.15, 0.2) is 23.3 Å². The lowest BCUT2D eigenvalue weighted by Gasteiger charge is -2.06. The first-order chi connectivity index (χ1) is 9.08. The largest absolute Gasteiger partial charge is 0.272 e. The molecule has 0 spiro atoms. The van der Waals surface area contributed by atoms with Gasteiger partial charge in [-0.2, -0.15) is 5.10 Å². The van der Waals surface area contributed by atoms with E-state index in [2.05, 4.69) is 24.4 Å². The van der Waals surface area contributed by atoms with Gasteiger partial charge in [-0.05, 0) is 31.0 Å². The first-order valence-corrected chi connectivity index (χ1v) is 7.14. The highest BCUT2D eigenvalue weighted by molar-refractivity contribution is 6.36. The lowest BCUT2D eigenvalue weighted by atomic mass is 10.1. The summed E-state index contributed by atoms with van der Waals surface area (Å²) < 4.78 is 0. The van der Waals surface area contributed by atoms with Crippen molar-refractivity contribution in [2.75, 3.05) is 0 Å². The summed E-state index contributed by atoms with van der Waals surface area (Å²) in [5.74, 6) is -0.314. The van der Waals surface area contributed by atoms with Gasteiger partial charge in [0.2, 0.25) is 0 Å². The van der Waals surface area contributed by atoms with Crippen molar-refractivity contribution < 1.29 is 4.79 Å². The summed E-state index contributed by atoms with van der Waals surface area (Å²) >= 11 is 11.8. The normalized spacial score (nSPS) is 10.1. The smallest absolute Gasteiger partial charge is 0.267 e. The highest BCUT2D eigenvalue weighted by Crippen LogP contribution is 2.20. The second-order valence-electron chi connectivity index (χ2n) is 4.24. The summed E-state index contributed by atoms with van der Waals surface area (Å²) in [6.07, 6.45) is 3.80. The monoisotopic (exact) mass is 300 g/mol. The molecule has 0 bridgehead atoms. The Bertz CT molecular complexity index is 465. The van der Waals surface area contributed by atoms with E-state index in [0.29, 0.717) is 15.6 Å². The number of carbonyl (C=O) groups excluding carboxylic acids is 1. The van der Waals surface area contributed by atoms with Gasteiger partial charge in [0.25, 0.3) is 5.91 Å². The molecule has 3 nitrogen and oxygen atoms in total. The maximum Gasteiger partial charge on any atom is 0.272 e. The number of hydrogen-bond donors (Lipinski definition) is 1. The minimum Gasteiger partial charge on any atom is -0.267 e. The summed E-state index contributed by atoms with van der Waals surface area (Å²) in [7, 11) is 0. The number of rotatable bonds is 6. The lowest BCUT2D eigenvalue weighted by Crippen LogP contribution is -2.20. The fourth-order valence-electron chi connectivity index (χ4n) is 1.68. The molecule has 0 aliphatic rings. The van der Waals surface area contributed by atoms with E-state index in [1.807, 2.05) is 0 Å². The molecule has 5 heteroatoms. The molecule has 0 fully saturated rings. The summed E-state index contributed by atoms with van der Waals surface area (Å²) in [6, 6.07) is 4.76. The van der Waals surface area contributed by atoms with Gasteiger partial charge in [0.05, 0.1) is 10.6 Å². The fraction of sp³-hybridized carbons (Fsp3) is 0.429. The highest BCUT2D eigenvalue weighted by Gasteiger charge is 2.10. The third-order valence-electron chi connectivity index (χ3n) is 2.57. The molecule has 0 aliphatic heterocycles. The summed E-state index contributed by atoms with van der Waals surface area (Å²) in [5, 5.41) is 5.00. The van der Waals surface area contributed by atoms with Crippen molar-refractivity contribution in [3.63, 3.8) is 0 Å². The first kappa shape index (κ1) is 16.0. The van der Waals surface area contributed by atoms with Gasteiger partial charge in [-0.25, -0.2) is 5.43 Å². The number of benzene rings is 1. The fourth-order valence-corrected chi connectivity index (χ4v) is 2.17. The Morgan fingerprint density at radius 3 is 2.37 bits per heavy atom. The van der Waals surface area contributed by atoms with Gasteiger partial charge in [0.15, 0.2) is 0 Å². The predicted octanol–water partition coefficient (Wildman–Crippen LogP) is 4.68. The van der Waals surface area contributed by atoms with Crippen LogP contribution in [0.4, 0.5) is 0 Å². The van der Waals surface area contributed by atoms with E-state index in [0.717, 1.165) is 31.4 Å². The minimum absolute atomic E-state index is 0.314. The Kier molecular flexibility index (Phi) is 6.89.